The summed E-state index contributed by atoms with van der Waals surface area (Å²) in [7, 11) is 6.70. The molecule has 186 valence electrons. The second kappa shape index (κ2) is 11.2. The van der Waals surface area contributed by atoms with Gasteiger partial charge in [-0.15, -0.1) is 0 Å². The van der Waals surface area contributed by atoms with Crippen molar-refractivity contribution in [1.29, 1.82) is 0 Å². The van der Waals surface area contributed by atoms with Gasteiger partial charge in [0.2, 0.25) is 17.6 Å². The molecular formula is C26H32N4O5. The molecule has 9 nitrogen and oxygen atoms in total. The second-order valence-corrected chi connectivity index (χ2v) is 8.67. The molecule has 0 aliphatic carbocycles. The summed E-state index contributed by atoms with van der Waals surface area (Å²) >= 11 is 0. The smallest absolute Gasteiger partial charge is 0.241 e. The number of carbonyl (C=O) groups excluding carboxylic acids is 1. The molecule has 1 amide bonds. The Morgan fingerprint density at radius 1 is 1.03 bits per heavy atom. The SMILES string of the molecule is COc1ccc(CN(C)C(=O)C2CCN(Cc3nc(-c4ccc(OC)c(OC)c4)no3)CC2)cc1. The Labute approximate surface area is 205 Å². The lowest BCUT2D eigenvalue weighted by Crippen LogP contribution is -2.40. The molecule has 9 heteroatoms. The molecule has 0 unspecified atom stereocenters. The number of amides is 1. The third kappa shape index (κ3) is 5.92. The van der Waals surface area contributed by atoms with Gasteiger partial charge in [0.15, 0.2) is 11.5 Å². The predicted molar refractivity (Wildman–Crippen MR) is 130 cm³/mol. The van der Waals surface area contributed by atoms with Crippen molar-refractivity contribution in [2.24, 2.45) is 5.92 Å². The molecule has 0 atom stereocenters. The van der Waals surface area contributed by atoms with Gasteiger partial charge >= 0.3 is 0 Å². The zero-order valence-electron chi connectivity index (χ0n) is 20.7. The van der Waals surface area contributed by atoms with Crippen molar-refractivity contribution in [3.63, 3.8) is 0 Å². The van der Waals surface area contributed by atoms with Crippen LogP contribution in [0.25, 0.3) is 11.4 Å². The Kier molecular flexibility index (Phi) is 7.87. The Morgan fingerprint density at radius 3 is 2.40 bits per heavy atom. The standard InChI is InChI=1S/C26H32N4O5/c1-29(16-18-5-8-21(32-2)9-6-18)26(31)19-11-13-30(14-12-19)17-24-27-25(28-35-24)20-7-10-22(33-3)23(15-20)34-4/h5-10,15,19H,11-14,16-17H2,1-4H3. The molecule has 3 aromatic rings. The largest absolute Gasteiger partial charge is 0.497 e. The molecule has 1 aliphatic rings. The minimum absolute atomic E-state index is 0.0273. The minimum Gasteiger partial charge on any atom is -0.497 e. The zero-order chi connectivity index (χ0) is 24.8. The van der Waals surface area contributed by atoms with Crippen LogP contribution in [0.3, 0.4) is 0 Å². The highest BCUT2D eigenvalue weighted by molar-refractivity contribution is 5.78. The normalized spacial score (nSPS) is 14.5. The number of benzene rings is 2. The van der Waals surface area contributed by atoms with Crippen LogP contribution >= 0.6 is 0 Å². The Morgan fingerprint density at radius 2 is 1.74 bits per heavy atom. The van der Waals surface area contributed by atoms with E-state index < -0.39 is 0 Å². The summed E-state index contributed by atoms with van der Waals surface area (Å²) in [4.78, 5) is 21.6. The zero-order valence-corrected chi connectivity index (χ0v) is 20.7. The van der Waals surface area contributed by atoms with Gasteiger partial charge in [0.05, 0.1) is 27.9 Å². The van der Waals surface area contributed by atoms with E-state index in [-0.39, 0.29) is 11.8 Å². The predicted octanol–water partition coefficient (Wildman–Crippen LogP) is 3.63. The van der Waals surface area contributed by atoms with Gasteiger partial charge in [-0.05, 0) is 61.8 Å². The summed E-state index contributed by atoms with van der Waals surface area (Å²) in [6.07, 6.45) is 1.62. The highest BCUT2D eigenvalue weighted by atomic mass is 16.5. The van der Waals surface area contributed by atoms with E-state index >= 15 is 0 Å². The van der Waals surface area contributed by atoms with E-state index in [9.17, 15) is 4.79 Å². The van der Waals surface area contributed by atoms with Gasteiger partial charge in [0, 0.05) is 25.1 Å². The van der Waals surface area contributed by atoms with Crippen LogP contribution < -0.4 is 14.2 Å². The van der Waals surface area contributed by atoms with Crippen LogP contribution in [0.1, 0.15) is 24.3 Å². The number of nitrogens with zero attached hydrogens (tertiary/aromatic N) is 4. The Bertz CT molecular complexity index is 1120. The van der Waals surface area contributed by atoms with Gasteiger partial charge < -0.3 is 23.6 Å². The van der Waals surface area contributed by atoms with Crippen molar-refractivity contribution < 1.29 is 23.5 Å². The van der Waals surface area contributed by atoms with E-state index in [0.717, 1.165) is 42.8 Å². The third-order valence-electron chi connectivity index (χ3n) is 6.36. The monoisotopic (exact) mass is 480 g/mol. The number of hydrogen-bond donors (Lipinski definition) is 0. The molecule has 1 aromatic heterocycles. The van der Waals surface area contributed by atoms with Crippen molar-refractivity contribution in [2.75, 3.05) is 41.5 Å². The van der Waals surface area contributed by atoms with Gasteiger partial charge in [-0.25, -0.2) is 0 Å². The summed E-state index contributed by atoms with van der Waals surface area (Å²) in [5.74, 6) is 3.34. The van der Waals surface area contributed by atoms with Crippen LogP contribution in [0.15, 0.2) is 47.0 Å². The highest BCUT2D eigenvalue weighted by Gasteiger charge is 2.28. The molecule has 2 heterocycles. The number of carbonyl (C=O) groups is 1. The number of aromatic nitrogens is 2. The lowest BCUT2D eigenvalue weighted by molar-refractivity contribution is -0.136. The van der Waals surface area contributed by atoms with Gasteiger partial charge in [0.25, 0.3) is 0 Å². The molecule has 0 saturated carbocycles. The fraction of sp³-hybridized carbons (Fsp3) is 0.423. The van der Waals surface area contributed by atoms with Crippen LogP contribution in [0.5, 0.6) is 17.2 Å². The van der Waals surface area contributed by atoms with E-state index in [1.165, 1.54) is 0 Å². The van der Waals surface area contributed by atoms with E-state index in [1.54, 1.807) is 21.3 Å². The molecule has 2 aromatic carbocycles. The number of rotatable bonds is 9. The number of hydrogen-bond acceptors (Lipinski definition) is 8. The van der Waals surface area contributed by atoms with Gasteiger partial charge in [-0.3, -0.25) is 9.69 Å². The maximum atomic E-state index is 13.0. The Balaban J connectivity index is 1.28. The lowest BCUT2D eigenvalue weighted by Gasteiger charge is -2.32. The number of methoxy groups -OCH3 is 3. The summed E-state index contributed by atoms with van der Waals surface area (Å²) in [5.41, 5.74) is 1.88. The van der Waals surface area contributed by atoms with E-state index in [0.29, 0.717) is 36.3 Å². The van der Waals surface area contributed by atoms with E-state index in [4.69, 9.17) is 18.7 Å². The number of ether oxygens (including phenoxy) is 3. The van der Waals surface area contributed by atoms with E-state index in [1.807, 2.05) is 54.4 Å². The van der Waals surface area contributed by atoms with E-state index in [2.05, 4.69) is 15.0 Å². The molecule has 0 N–H and O–H groups in total. The molecule has 1 aliphatic heterocycles. The van der Waals surface area contributed by atoms with Gasteiger partial charge in [-0.2, -0.15) is 4.98 Å². The fourth-order valence-electron chi connectivity index (χ4n) is 4.34. The average Bonchev–Trinajstić information content (AvgIpc) is 3.37. The first kappa shape index (κ1) is 24.5. The van der Waals surface area contributed by atoms with Gasteiger partial charge in [0.1, 0.15) is 5.75 Å². The summed E-state index contributed by atoms with van der Waals surface area (Å²) in [5, 5.41) is 4.12. The molecular weight excluding hydrogens is 448 g/mol. The second-order valence-electron chi connectivity index (χ2n) is 8.67. The first-order valence-corrected chi connectivity index (χ1v) is 11.7. The molecule has 1 saturated heterocycles. The van der Waals surface area contributed by atoms with Gasteiger partial charge in [-0.1, -0.05) is 17.3 Å². The minimum atomic E-state index is 0.0273. The van der Waals surface area contributed by atoms with Crippen LogP contribution in [-0.2, 0) is 17.9 Å². The molecule has 35 heavy (non-hydrogen) atoms. The third-order valence-corrected chi connectivity index (χ3v) is 6.36. The highest BCUT2D eigenvalue weighted by Crippen LogP contribution is 2.31. The maximum Gasteiger partial charge on any atom is 0.241 e. The van der Waals surface area contributed by atoms with Crippen molar-refractivity contribution in [3.8, 4) is 28.6 Å². The summed E-state index contributed by atoms with van der Waals surface area (Å²) in [6, 6.07) is 13.3. The maximum absolute atomic E-state index is 13.0. The first-order valence-electron chi connectivity index (χ1n) is 11.7. The van der Waals surface area contributed by atoms with Crippen molar-refractivity contribution in [1.82, 2.24) is 19.9 Å². The van der Waals surface area contributed by atoms with Crippen LogP contribution in [0.2, 0.25) is 0 Å². The quantitative estimate of drug-likeness (QED) is 0.459. The van der Waals surface area contributed by atoms with Crippen molar-refractivity contribution in [3.05, 3.63) is 53.9 Å². The molecule has 0 radical (unpaired) electrons. The van der Waals surface area contributed by atoms with Crippen LogP contribution in [-0.4, -0.2) is 67.3 Å². The molecule has 4 rings (SSSR count). The first-order chi connectivity index (χ1) is 17.0. The summed E-state index contributed by atoms with van der Waals surface area (Å²) in [6.45, 7) is 2.76. The molecule has 0 bridgehead atoms. The van der Waals surface area contributed by atoms with Crippen molar-refractivity contribution in [2.45, 2.75) is 25.9 Å². The fourth-order valence-corrected chi connectivity index (χ4v) is 4.34. The molecule has 0 spiro atoms. The number of likely N-dealkylation sites (tertiary alicyclic amines) is 1. The van der Waals surface area contributed by atoms with Crippen LogP contribution in [0.4, 0.5) is 0 Å². The molecule has 1 fully saturated rings. The van der Waals surface area contributed by atoms with Crippen molar-refractivity contribution >= 4 is 5.91 Å². The lowest BCUT2D eigenvalue weighted by atomic mass is 9.95. The number of piperidine rings is 1. The Hall–Kier alpha value is -3.59. The van der Waals surface area contributed by atoms with Crippen LogP contribution in [0, 0.1) is 5.92 Å². The topological polar surface area (TPSA) is 90.2 Å². The summed E-state index contributed by atoms with van der Waals surface area (Å²) < 4.78 is 21.3. The average molecular weight is 481 g/mol.